The molecule has 0 unspecified atom stereocenters. The Morgan fingerprint density at radius 2 is 1.68 bits per heavy atom. The lowest BCUT2D eigenvalue weighted by atomic mass is 10.1. The Bertz CT molecular complexity index is 847. The second-order valence-corrected chi connectivity index (χ2v) is 6.04. The smallest absolute Gasteiger partial charge is 0.135 e. The van der Waals surface area contributed by atoms with Gasteiger partial charge in [-0.2, -0.15) is 0 Å². The standard InChI is InChI=1S/C20H21FN4/c1-14-3-4-15(2)18(11-14)25-20-12-19(23-13-24-20)22-10-9-16-5-7-17(21)8-6-16/h3-8,11-13H,9-10H2,1-2H3,(H2,22,23,24,25). The number of nitrogens with one attached hydrogen (secondary N) is 2. The van der Waals surface area contributed by atoms with Crippen LogP contribution >= 0.6 is 0 Å². The van der Waals surface area contributed by atoms with Gasteiger partial charge in [0, 0.05) is 18.3 Å². The van der Waals surface area contributed by atoms with Crippen molar-refractivity contribution in [3.05, 3.63) is 77.4 Å². The van der Waals surface area contributed by atoms with Crippen molar-refractivity contribution in [3.63, 3.8) is 0 Å². The average molecular weight is 336 g/mol. The maximum absolute atomic E-state index is 12.9. The highest BCUT2D eigenvalue weighted by molar-refractivity contribution is 5.62. The molecule has 0 atom stereocenters. The van der Waals surface area contributed by atoms with E-state index in [4.69, 9.17) is 0 Å². The minimum atomic E-state index is -0.213. The van der Waals surface area contributed by atoms with Crippen molar-refractivity contribution in [1.29, 1.82) is 0 Å². The Hall–Kier alpha value is -2.95. The maximum Gasteiger partial charge on any atom is 0.135 e. The summed E-state index contributed by atoms with van der Waals surface area (Å²) in [4.78, 5) is 8.52. The number of anilines is 3. The van der Waals surface area contributed by atoms with Gasteiger partial charge in [0.15, 0.2) is 0 Å². The molecule has 0 radical (unpaired) electrons. The normalized spacial score (nSPS) is 10.5. The first-order valence-corrected chi connectivity index (χ1v) is 8.25. The molecule has 1 aromatic heterocycles. The van der Waals surface area contributed by atoms with Crippen LogP contribution in [0.15, 0.2) is 54.9 Å². The van der Waals surface area contributed by atoms with E-state index in [-0.39, 0.29) is 5.82 Å². The van der Waals surface area contributed by atoms with Crippen molar-refractivity contribution in [1.82, 2.24) is 9.97 Å². The van der Waals surface area contributed by atoms with Crippen LogP contribution in [-0.4, -0.2) is 16.5 Å². The SMILES string of the molecule is Cc1ccc(C)c(Nc2cc(NCCc3ccc(F)cc3)ncn2)c1. The molecule has 0 aliphatic rings. The second-order valence-electron chi connectivity index (χ2n) is 6.04. The molecule has 0 amide bonds. The third kappa shape index (κ3) is 4.76. The molecule has 4 nitrogen and oxygen atoms in total. The minimum Gasteiger partial charge on any atom is -0.370 e. The highest BCUT2D eigenvalue weighted by Gasteiger charge is 2.03. The summed E-state index contributed by atoms with van der Waals surface area (Å²) in [5.74, 6) is 1.28. The molecular weight excluding hydrogens is 315 g/mol. The largest absolute Gasteiger partial charge is 0.370 e. The van der Waals surface area contributed by atoms with E-state index in [1.165, 1.54) is 24.0 Å². The number of aromatic nitrogens is 2. The summed E-state index contributed by atoms with van der Waals surface area (Å²) in [6.45, 7) is 4.84. The van der Waals surface area contributed by atoms with Crippen LogP contribution in [0.4, 0.5) is 21.7 Å². The number of rotatable bonds is 6. The van der Waals surface area contributed by atoms with E-state index in [2.05, 4.69) is 52.6 Å². The molecule has 0 saturated heterocycles. The Morgan fingerprint density at radius 3 is 2.48 bits per heavy atom. The van der Waals surface area contributed by atoms with Crippen LogP contribution in [0.3, 0.4) is 0 Å². The van der Waals surface area contributed by atoms with Crippen LogP contribution in [0.2, 0.25) is 0 Å². The van der Waals surface area contributed by atoms with Gasteiger partial charge in [0.25, 0.3) is 0 Å². The molecule has 0 saturated carbocycles. The van der Waals surface area contributed by atoms with E-state index in [1.54, 1.807) is 12.1 Å². The first kappa shape index (κ1) is 16.9. The zero-order chi connectivity index (χ0) is 17.6. The van der Waals surface area contributed by atoms with Crippen LogP contribution in [0.5, 0.6) is 0 Å². The molecule has 1 heterocycles. The number of nitrogens with zero attached hydrogens (tertiary/aromatic N) is 2. The third-order valence-corrected chi connectivity index (χ3v) is 3.96. The van der Waals surface area contributed by atoms with E-state index in [1.807, 2.05) is 6.07 Å². The minimum absolute atomic E-state index is 0.213. The van der Waals surface area contributed by atoms with Gasteiger partial charge in [-0.05, 0) is 55.2 Å². The monoisotopic (exact) mass is 336 g/mol. The molecule has 0 bridgehead atoms. The van der Waals surface area contributed by atoms with Gasteiger partial charge in [-0.15, -0.1) is 0 Å². The zero-order valence-electron chi connectivity index (χ0n) is 14.4. The van der Waals surface area contributed by atoms with E-state index in [0.717, 1.165) is 34.9 Å². The lowest BCUT2D eigenvalue weighted by Crippen LogP contribution is -2.07. The number of aryl methyl sites for hydroxylation is 2. The molecule has 2 aromatic carbocycles. The van der Waals surface area contributed by atoms with Gasteiger partial charge in [-0.3, -0.25) is 0 Å². The predicted octanol–water partition coefficient (Wildman–Crippen LogP) is 4.63. The molecule has 0 spiro atoms. The van der Waals surface area contributed by atoms with Crippen molar-refractivity contribution in [3.8, 4) is 0 Å². The highest BCUT2D eigenvalue weighted by Crippen LogP contribution is 2.21. The Labute approximate surface area is 147 Å². The summed E-state index contributed by atoms with van der Waals surface area (Å²) in [5, 5.41) is 6.61. The van der Waals surface area contributed by atoms with Crippen molar-refractivity contribution in [2.24, 2.45) is 0 Å². The molecule has 25 heavy (non-hydrogen) atoms. The maximum atomic E-state index is 12.9. The van der Waals surface area contributed by atoms with E-state index in [0.29, 0.717) is 6.54 Å². The van der Waals surface area contributed by atoms with E-state index >= 15 is 0 Å². The molecule has 0 aliphatic heterocycles. The van der Waals surface area contributed by atoms with Gasteiger partial charge in [0.05, 0.1) is 0 Å². The molecule has 5 heteroatoms. The first-order valence-electron chi connectivity index (χ1n) is 8.25. The van der Waals surface area contributed by atoms with Gasteiger partial charge in [0.1, 0.15) is 23.8 Å². The van der Waals surface area contributed by atoms with Crippen molar-refractivity contribution >= 4 is 17.3 Å². The number of halogens is 1. The molecule has 0 fully saturated rings. The summed E-state index contributed by atoms with van der Waals surface area (Å²) in [6, 6.07) is 14.7. The number of hydrogen-bond donors (Lipinski definition) is 2. The summed E-state index contributed by atoms with van der Waals surface area (Å²) in [6.07, 6.45) is 2.33. The van der Waals surface area contributed by atoms with Gasteiger partial charge in [-0.25, -0.2) is 14.4 Å². The molecule has 128 valence electrons. The van der Waals surface area contributed by atoms with Crippen LogP contribution in [0, 0.1) is 19.7 Å². The molecule has 0 aliphatic carbocycles. The lowest BCUT2D eigenvalue weighted by molar-refractivity contribution is 0.627. The van der Waals surface area contributed by atoms with Gasteiger partial charge >= 0.3 is 0 Å². The van der Waals surface area contributed by atoms with Gasteiger partial charge < -0.3 is 10.6 Å². The van der Waals surface area contributed by atoms with E-state index < -0.39 is 0 Å². The van der Waals surface area contributed by atoms with Crippen molar-refractivity contribution in [2.45, 2.75) is 20.3 Å². The lowest BCUT2D eigenvalue weighted by Gasteiger charge is -2.11. The number of hydrogen-bond acceptors (Lipinski definition) is 4. The third-order valence-electron chi connectivity index (χ3n) is 3.96. The summed E-state index contributed by atoms with van der Waals surface area (Å²) >= 11 is 0. The summed E-state index contributed by atoms with van der Waals surface area (Å²) in [5.41, 5.74) is 4.47. The second kappa shape index (κ2) is 7.75. The first-order chi connectivity index (χ1) is 12.1. The topological polar surface area (TPSA) is 49.8 Å². The van der Waals surface area contributed by atoms with Crippen LogP contribution in [0.25, 0.3) is 0 Å². The van der Waals surface area contributed by atoms with Crippen LogP contribution in [-0.2, 0) is 6.42 Å². The molecular formula is C20H21FN4. The van der Waals surface area contributed by atoms with E-state index in [9.17, 15) is 4.39 Å². The fourth-order valence-electron chi connectivity index (χ4n) is 2.52. The van der Waals surface area contributed by atoms with Crippen LogP contribution in [0.1, 0.15) is 16.7 Å². The summed E-state index contributed by atoms with van der Waals surface area (Å²) < 4.78 is 12.9. The average Bonchev–Trinajstić information content (AvgIpc) is 2.60. The molecule has 2 N–H and O–H groups in total. The quantitative estimate of drug-likeness (QED) is 0.689. The summed E-state index contributed by atoms with van der Waals surface area (Å²) in [7, 11) is 0. The molecule has 3 rings (SSSR count). The highest BCUT2D eigenvalue weighted by atomic mass is 19.1. The fraction of sp³-hybridized carbons (Fsp3) is 0.200. The Balaban J connectivity index is 1.61. The van der Waals surface area contributed by atoms with Gasteiger partial charge in [0.2, 0.25) is 0 Å². The zero-order valence-corrected chi connectivity index (χ0v) is 14.4. The fourth-order valence-corrected chi connectivity index (χ4v) is 2.52. The number of benzene rings is 2. The predicted molar refractivity (Wildman–Crippen MR) is 99.8 cm³/mol. The van der Waals surface area contributed by atoms with Gasteiger partial charge in [-0.1, -0.05) is 24.3 Å². The van der Waals surface area contributed by atoms with Crippen molar-refractivity contribution in [2.75, 3.05) is 17.2 Å². The van der Waals surface area contributed by atoms with Crippen molar-refractivity contribution < 1.29 is 4.39 Å². The Kier molecular flexibility index (Phi) is 5.23. The Morgan fingerprint density at radius 1 is 0.920 bits per heavy atom. The molecule has 3 aromatic rings. The van der Waals surface area contributed by atoms with Crippen LogP contribution < -0.4 is 10.6 Å².